The average Bonchev–Trinajstić information content (AvgIpc) is 3.31. The van der Waals surface area contributed by atoms with Gasteiger partial charge in [0.1, 0.15) is 9.88 Å². The summed E-state index contributed by atoms with van der Waals surface area (Å²) in [6.45, 7) is 1.96. The second-order valence-electron chi connectivity index (χ2n) is 6.29. The van der Waals surface area contributed by atoms with Gasteiger partial charge in [0.05, 0.1) is 6.20 Å². The number of benzene rings is 1. The molecular formula is C18H20N6OS. The van der Waals surface area contributed by atoms with Gasteiger partial charge in [-0.1, -0.05) is 30.3 Å². The van der Waals surface area contributed by atoms with E-state index < -0.39 is 0 Å². The molecule has 0 saturated carbocycles. The van der Waals surface area contributed by atoms with Crippen LogP contribution in [0.5, 0.6) is 0 Å². The van der Waals surface area contributed by atoms with E-state index in [4.69, 9.17) is 0 Å². The summed E-state index contributed by atoms with van der Waals surface area (Å²) in [7, 11) is 1.80. The van der Waals surface area contributed by atoms with Crippen LogP contribution >= 0.6 is 11.3 Å². The molecule has 1 aliphatic heterocycles. The number of aromatic nitrogens is 4. The number of carbonyl (C=O) groups is 1. The first-order valence-electron chi connectivity index (χ1n) is 8.65. The van der Waals surface area contributed by atoms with Crippen molar-refractivity contribution in [3.8, 4) is 10.6 Å². The first kappa shape index (κ1) is 16.9. The van der Waals surface area contributed by atoms with Crippen molar-refractivity contribution in [3.05, 3.63) is 47.2 Å². The fraction of sp³-hybridized carbons (Fsp3) is 0.333. The predicted molar refractivity (Wildman–Crippen MR) is 101 cm³/mol. The number of hydrogen-bond acceptors (Lipinski definition) is 6. The number of nitrogens with one attached hydrogen (secondary N) is 2. The Hall–Kier alpha value is -2.58. The van der Waals surface area contributed by atoms with Gasteiger partial charge in [0.25, 0.3) is 5.91 Å². The molecule has 1 aromatic carbocycles. The topological polar surface area (TPSA) is 84.7 Å². The van der Waals surface area contributed by atoms with Crippen molar-refractivity contribution in [3.63, 3.8) is 0 Å². The highest BCUT2D eigenvalue weighted by Gasteiger charge is 2.22. The Balaban J connectivity index is 1.48. The quantitative estimate of drug-likeness (QED) is 0.740. The van der Waals surface area contributed by atoms with Gasteiger partial charge in [-0.05, 0) is 25.9 Å². The zero-order valence-electron chi connectivity index (χ0n) is 14.5. The number of aryl methyl sites for hydroxylation is 1. The third-order valence-electron chi connectivity index (χ3n) is 4.46. The molecule has 26 heavy (non-hydrogen) atoms. The number of amides is 1. The molecule has 134 valence electrons. The fourth-order valence-electron chi connectivity index (χ4n) is 3.02. The van der Waals surface area contributed by atoms with E-state index in [-0.39, 0.29) is 5.91 Å². The maximum Gasteiger partial charge on any atom is 0.269 e. The Morgan fingerprint density at radius 1 is 1.27 bits per heavy atom. The van der Waals surface area contributed by atoms with E-state index in [9.17, 15) is 4.79 Å². The zero-order chi connectivity index (χ0) is 17.9. The van der Waals surface area contributed by atoms with Crippen LogP contribution in [0.2, 0.25) is 0 Å². The largest absolute Gasteiger partial charge is 0.317 e. The molecular weight excluding hydrogens is 348 g/mol. The minimum Gasteiger partial charge on any atom is -0.317 e. The first-order chi connectivity index (χ1) is 12.7. The molecule has 1 fully saturated rings. The summed E-state index contributed by atoms with van der Waals surface area (Å²) in [4.78, 5) is 22.0. The molecule has 0 bridgehead atoms. The number of thiazole rings is 1. The Morgan fingerprint density at radius 3 is 2.81 bits per heavy atom. The molecule has 7 nitrogen and oxygen atoms in total. The maximum absolute atomic E-state index is 12.6. The van der Waals surface area contributed by atoms with E-state index in [0.717, 1.165) is 42.3 Å². The van der Waals surface area contributed by atoms with Crippen LogP contribution in [-0.4, -0.2) is 38.7 Å². The van der Waals surface area contributed by atoms with Gasteiger partial charge in [0.2, 0.25) is 5.95 Å². The smallest absolute Gasteiger partial charge is 0.269 e. The Morgan fingerprint density at radius 2 is 2.04 bits per heavy atom. The molecule has 1 amide bonds. The molecule has 1 saturated heterocycles. The summed E-state index contributed by atoms with van der Waals surface area (Å²) in [5.41, 5.74) is 1.00. The Kier molecular flexibility index (Phi) is 4.77. The van der Waals surface area contributed by atoms with Crippen LogP contribution in [-0.2, 0) is 7.05 Å². The highest BCUT2D eigenvalue weighted by molar-refractivity contribution is 7.17. The molecule has 2 aromatic heterocycles. The lowest BCUT2D eigenvalue weighted by Crippen LogP contribution is -2.27. The molecule has 0 radical (unpaired) electrons. The van der Waals surface area contributed by atoms with E-state index in [0.29, 0.717) is 16.7 Å². The van der Waals surface area contributed by atoms with E-state index in [1.165, 1.54) is 11.3 Å². The van der Waals surface area contributed by atoms with Crippen molar-refractivity contribution >= 4 is 23.2 Å². The molecule has 0 aliphatic carbocycles. The normalized spacial score (nSPS) is 15.1. The van der Waals surface area contributed by atoms with Crippen molar-refractivity contribution < 1.29 is 4.79 Å². The number of piperidine rings is 1. The predicted octanol–water partition coefficient (Wildman–Crippen LogP) is 2.66. The van der Waals surface area contributed by atoms with Crippen molar-refractivity contribution in [1.82, 2.24) is 25.1 Å². The molecule has 3 heterocycles. The number of nitrogens with zero attached hydrogens (tertiary/aromatic N) is 4. The lowest BCUT2D eigenvalue weighted by atomic mass is 9.98. The summed E-state index contributed by atoms with van der Waals surface area (Å²) < 4.78 is 1.63. The third kappa shape index (κ3) is 3.51. The summed E-state index contributed by atoms with van der Waals surface area (Å²) >= 11 is 1.37. The van der Waals surface area contributed by atoms with Gasteiger partial charge in [-0.15, -0.1) is 11.3 Å². The van der Waals surface area contributed by atoms with Crippen LogP contribution in [0.4, 0.5) is 5.95 Å². The molecule has 2 N–H and O–H groups in total. The molecule has 8 heteroatoms. The van der Waals surface area contributed by atoms with Gasteiger partial charge in [-0.25, -0.2) is 9.67 Å². The first-order valence-corrected chi connectivity index (χ1v) is 9.46. The third-order valence-corrected chi connectivity index (χ3v) is 5.50. The van der Waals surface area contributed by atoms with Crippen molar-refractivity contribution in [2.75, 3.05) is 18.4 Å². The molecule has 0 unspecified atom stereocenters. The lowest BCUT2D eigenvalue weighted by molar-refractivity contribution is 0.102. The van der Waals surface area contributed by atoms with E-state index in [1.54, 1.807) is 17.9 Å². The van der Waals surface area contributed by atoms with E-state index in [1.807, 2.05) is 30.3 Å². The van der Waals surface area contributed by atoms with Gasteiger partial charge < -0.3 is 5.32 Å². The van der Waals surface area contributed by atoms with Crippen LogP contribution in [0.15, 0.2) is 36.5 Å². The van der Waals surface area contributed by atoms with Crippen molar-refractivity contribution in [2.45, 2.75) is 18.8 Å². The van der Waals surface area contributed by atoms with Gasteiger partial charge in [-0.3, -0.25) is 10.1 Å². The number of rotatable bonds is 4. The second kappa shape index (κ2) is 7.35. The van der Waals surface area contributed by atoms with Crippen LogP contribution in [0.1, 0.15) is 34.3 Å². The highest BCUT2D eigenvalue weighted by Crippen LogP contribution is 2.26. The van der Waals surface area contributed by atoms with Gasteiger partial charge in [-0.2, -0.15) is 10.1 Å². The van der Waals surface area contributed by atoms with Crippen molar-refractivity contribution in [1.29, 1.82) is 0 Å². The van der Waals surface area contributed by atoms with Crippen LogP contribution in [0.25, 0.3) is 10.6 Å². The summed E-state index contributed by atoms with van der Waals surface area (Å²) in [5, 5.41) is 11.5. The average molecular weight is 368 g/mol. The van der Waals surface area contributed by atoms with Crippen LogP contribution in [0, 0.1) is 0 Å². The minimum atomic E-state index is -0.211. The Labute approximate surface area is 155 Å². The van der Waals surface area contributed by atoms with E-state index >= 15 is 0 Å². The fourth-order valence-corrected chi connectivity index (χ4v) is 3.84. The molecule has 0 spiro atoms. The standard InChI is InChI=1S/C18H20N6OS/c1-24-18(21-15(23-24)12-7-9-19-10-8-12)22-16(25)14-11-20-17(26-14)13-5-3-2-4-6-13/h2-6,11-12,19H,7-10H2,1H3,(H,21,22,23,25). The summed E-state index contributed by atoms with van der Waals surface area (Å²) in [6, 6.07) is 9.83. The monoisotopic (exact) mass is 368 g/mol. The maximum atomic E-state index is 12.6. The number of anilines is 1. The second-order valence-corrected chi connectivity index (χ2v) is 7.32. The van der Waals surface area contributed by atoms with Gasteiger partial charge >= 0.3 is 0 Å². The Bertz CT molecular complexity index is 898. The molecule has 4 rings (SSSR count). The van der Waals surface area contributed by atoms with Gasteiger partial charge in [0, 0.05) is 18.5 Å². The zero-order valence-corrected chi connectivity index (χ0v) is 15.3. The van der Waals surface area contributed by atoms with Crippen LogP contribution < -0.4 is 10.6 Å². The van der Waals surface area contributed by atoms with Crippen LogP contribution in [0.3, 0.4) is 0 Å². The summed E-state index contributed by atoms with van der Waals surface area (Å²) in [5.74, 6) is 1.41. The van der Waals surface area contributed by atoms with E-state index in [2.05, 4.69) is 25.7 Å². The number of hydrogen-bond donors (Lipinski definition) is 2. The summed E-state index contributed by atoms with van der Waals surface area (Å²) in [6.07, 6.45) is 3.64. The van der Waals surface area contributed by atoms with Crippen molar-refractivity contribution in [2.24, 2.45) is 7.05 Å². The highest BCUT2D eigenvalue weighted by atomic mass is 32.1. The molecule has 3 aromatic rings. The lowest BCUT2D eigenvalue weighted by Gasteiger charge is -2.19. The molecule has 1 aliphatic rings. The molecule has 0 atom stereocenters. The number of carbonyl (C=O) groups excluding carboxylic acids is 1. The SMILES string of the molecule is Cn1nc(C2CCNCC2)nc1NC(=O)c1cnc(-c2ccccc2)s1. The van der Waals surface area contributed by atoms with Gasteiger partial charge in [0.15, 0.2) is 5.82 Å². The minimum absolute atomic E-state index is 0.211.